The van der Waals surface area contributed by atoms with Crippen LogP contribution in [0.1, 0.15) is 18.8 Å². The Hall–Kier alpha value is -3.56. The zero-order chi connectivity index (χ0) is 25.2. The van der Waals surface area contributed by atoms with Crippen LogP contribution in [-0.2, 0) is 0 Å². The summed E-state index contributed by atoms with van der Waals surface area (Å²) < 4.78 is 16.1. The summed E-state index contributed by atoms with van der Waals surface area (Å²) in [5.74, 6) is 0.213. The molecule has 9 heteroatoms. The van der Waals surface area contributed by atoms with Gasteiger partial charge in [-0.15, -0.1) is 0 Å². The molecule has 1 aliphatic heterocycles. The topological polar surface area (TPSA) is 70.5 Å². The third kappa shape index (κ3) is 4.89. The van der Waals surface area contributed by atoms with Gasteiger partial charge in [0.15, 0.2) is 0 Å². The lowest BCUT2D eigenvalue weighted by atomic mass is 10.1. The summed E-state index contributed by atoms with van der Waals surface area (Å²) in [6.07, 6.45) is 0. The van der Waals surface area contributed by atoms with E-state index >= 15 is 0 Å². The van der Waals surface area contributed by atoms with E-state index in [4.69, 9.17) is 4.98 Å². The molecule has 1 unspecified atom stereocenters. The molecule has 3 aromatic carbocycles. The molecule has 1 N–H and O–H groups in total. The predicted octanol–water partition coefficient (Wildman–Crippen LogP) is 5.20. The first-order valence-corrected chi connectivity index (χ1v) is 12.5. The van der Waals surface area contributed by atoms with Crippen LogP contribution in [0.4, 0.5) is 14.9 Å². The second-order valence-corrected chi connectivity index (χ2v) is 9.66. The number of hydrogen-bond acceptors (Lipinski definition) is 4. The second kappa shape index (κ2) is 10.2. The number of halogens is 2. The van der Waals surface area contributed by atoms with Crippen molar-refractivity contribution in [2.45, 2.75) is 13.0 Å². The van der Waals surface area contributed by atoms with Crippen molar-refractivity contribution in [3.8, 4) is 5.69 Å². The fourth-order valence-electron chi connectivity index (χ4n) is 4.51. The van der Waals surface area contributed by atoms with E-state index in [-0.39, 0.29) is 23.4 Å². The van der Waals surface area contributed by atoms with Crippen LogP contribution in [0.3, 0.4) is 0 Å². The van der Waals surface area contributed by atoms with Gasteiger partial charge in [0.2, 0.25) is 0 Å². The van der Waals surface area contributed by atoms with E-state index in [1.54, 1.807) is 27.7 Å². The van der Waals surface area contributed by atoms with Crippen LogP contribution in [0.5, 0.6) is 0 Å². The number of anilines is 1. The van der Waals surface area contributed by atoms with E-state index in [0.29, 0.717) is 48.6 Å². The van der Waals surface area contributed by atoms with Crippen LogP contribution < -0.4 is 10.9 Å². The Morgan fingerprint density at radius 2 is 1.72 bits per heavy atom. The van der Waals surface area contributed by atoms with Crippen LogP contribution in [0, 0.1) is 5.82 Å². The number of amides is 2. The first-order chi connectivity index (χ1) is 17.4. The molecule has 1 aromatic heterocycles. The quantitative estimate of drug-likeness (QED) is 0.380. The van der Waals surface area contributed by atoms with Crippen LogP contribution in [0.25, 0.3) is 16.6 Å². The average Bonchev–Trinajstić information content (AvgIpc) is 2.89. The Labute approximate surface area is 216 Å². The van der Waals surface area contributed by atoms with E-state index in [0.717, 1.165) is 10.2 Å². The molecule has 4 aromatic rings. The number of urea groups is 1. The van der Waals surface area contributed by atoms with Crippen molar-refractivity contribution < 1.29 is 9.18 Å². The van der Waals surface area contributed by atoms with E-state index in [9.17, 15) is 14.0 Å². The highest BCUT2D eigenvalue weighted by atomic mass is 79.9. The number of piperazine rings is 1. The second-order valence-electron chi connectivity index (χ2n) is 8.74. The van der Waals surface area contributed by atoms with Gasteiger partial charge in [0.25, 0.3) is 5.56 Å². The lowest BCUT2D eigenvalue weighted by molar-refractivity contribution is 0.115. The van der Waals surface area contributed by atoms with Gasteiger partial charge in [-0.3, -0.25) is 14.3 Å². The Balaban J connectivity index is 1.39. The van der Waals surface area contributed by atoms with E-state index in [2.05, 4.69) is 26.1 Å². The first kappa shape index (κ1) is 24.1. The summed E-state index contributed by atoms with van der Waals surface area (Å²) in [5, 5.41) is 3.45. The molecule has 1 saturated heterocycles. The third-order valence-electron chi connectivity index (χ3n) is 6.49. The van der Waals surface area contributed by atoms with Gasteiger partial charge in [0, 0.05) is 36.3 Å². The number of nitrogens with one attached hydrogen (secondary N) is 1. The molecule has 7 nitrogen and oxygen atoms in total. The van der Waals surface area contributed by atoms with Crippen LogP contribution in [0.15, 0.2) is 82.1 Å². The van der Waals surface area contributed by atoms with Crippen molar-refractivity contribution >= 4 is 38.6 Å². The minimum atomic E-state index is -0.368. The molecule has 1 aliphatic rings. The normalized spacial score (nSPS) is 15.1. The largest absolute Gasteiger partial charge is 0.322 e. The average molecular weight is 550 g/mol. The Kier molecular flexibility index (Phi) is 6.84. The fraction of sp³-hybridized carbons (Fsp3) is 0.222. The number of para-hydroxylation sites is 1. The number of rotatable bonds is 4. The molecule has 0 spiro atoms. The lowest BCUT2D eigenvalue weighted by Gasteiger charge is -2.38. The van der Waals surface area contributed by atoms with Crippen LogP contribution in [-0.4, -0.2) is 51.6 Å². The summed E-state index contributed by atoms with van der Waals surface area (Å²) in [7, 11) is 0. The summed E-state index contributed by atoms with van der Waals surface area (Å²) in [6.45, 7) is 4.34. The molecule has 1 fully saturated rings. The standard InChI is InChI=1S/C27H25BrFN5O2/c1-18(32-13-15-33(16-14-32)27(36)30-21-6-4-5-19(28)17-21)25-31-24-8-3-2-7-23(24)26(35)34(25)22-11-9-20(29)10-12-22/h2-12,17-18H,13-16H2,1H3,(H,30,36). The molecule has 0 bridgehead atoms. The van der Waals surface area contributed by atoms with Gasteiger partial charge < -0.3 is 10.2 Å². The lowest BCUT2D eigenvalue weighted by Crippen LogP contribution is -2.51. The van der Waals surface area contributed by atoms with Gasteiger partial charge in [-0.2, -0.15) is 0 Å². The molecule has 184 valence electrons. The van der Waals surface area contributed by atoms with Crippen molar-refractivity contribution in [1.82, 2.24) is 19.4 Å². The number of aromatic nitrogens is 2. The molecule has 0 saturated carbocycles. The number of carbonyl (C=O) groups excluding carboxylic acids is 1. The van der Waals surface area contributed by atoms with Crippen LogP contribution >= 0.6 is 15.9 Å². The monoisotopic (exact) mass is 549 g/mol. The van der Waals surface area contributed by atoms with Gasteiger partial charge in [0.1, 0.15) is 11.6 Å². The predicted molar refractivity (Wildman–Crippen MR) is 142 cm³/mol. The van der Waals surface area contributed by atoms with E-state index in [1.807, 2.05) is 49.4 Å². The summed E-state index contributed by atoms with van der Waals surface area (Å²) in [5.41, 5.74) is 1.72. The highest BCUT2D eigenvalue weighted by Gasteiger charge is 2.28. The molecular weight excluding hydrogens is 525 g/mol. The molecule has 5 rings (SSSR count). The first-order valence-electron chi connectivity index (χ1n) is 11.7. The number of benzene rings is 3. The summed E-state index contributed by atoms with van der Waals surface area (Å²) in [6, 6.07) is 20.2. The maximum atomic E-state index is 13.6. The molecule has 2 heterocycles. The molecule has 2 amide bonds. The Morgan fingerprint density at radius 3 is 2.44 bits per heavy atom. The smallest absolute Gasteiger partial charge is 0.321 e. The molecule has 36 heavy (non-hydrogen) atoms. The van der Waals surface area contributed by atoms with E-state index in [1.165, 1.54) is 12.1 Å². The van der Waals surface area contributed by atoms with Crippen molar-refractivity contribution in [3.63, 3.8) is 0 Å². The maximum Gasteiger partial charge on any atom is 0.321 e. The maximum absolute atomic E-state index is 13.6. The SMILES string of the molecule is CC(c1nc2ccccc2c(=O)n1-c1ccc(F)cc1)N1CCN(C(=O)Nc2cccc(Br)c2)CC1. The van der Waals surface area contributed by atoms with Gasteiger partial charge >= 0.3 is 6.03 Å². The fourth-order valence-corrected chi connectivity index (χ4v) is 4.91. The summed E-state index contributed by atoms with van der Waals surface area (Å²) in [4.78, 5) is 35.1. The van der Waals surface area contributed by atoms with Gasteiger partial charge in [-0.1, -0.05) is 34.1 Å². The van der Waals surface area contributed by atoms with Crippen molar-refractivity contribution in [2.75, 3.05) is 31.5 Å². The molecule has 0 radical (unpaired) electrons. The van der Waals surface area contributed by atoms with Gasteiger partial charge in [-0.05, 0) is 61.5 Å². The van der Waals surface area contributed by atoms with Crippen LogP contribution in [0.2, 0.25) is 0 Å². The highest BCUT2D eigenvalue weighted by Crippen LogP contribution is 2.24. The number of nitrogens with zero attached hydrogens (tertiary/aromatic N) is 4. The molecule has 1 atom stereocenters. The van der Waals surface area contributed by atoms with Gasteiger partial charge in [0.05, 0.1) is 22.6 Å². The van der Waals surface area contributed by atoms with Crippen molar-refractivity contribution in [3.05, 3.63) is 99.3 Å². The number of hydrogen-bond donors (Lipinski definition) is 1. The Bertz CT molecular complexity index is 1470. The highest BCUT2D eigenvalue weighted by molar-refractivity contribution is 9.10. The summed E-state index contributed by atoms with van der Waals surface area (Å²) >= 11 is 3.42. The number of carbonyl (C=O) groups is 1. The minimum absolute atomic E-state index is 0.146. The molecular formula is C27H25BrFN5O2. The van der Waals surface area contributed by atoms with Crippen molar-refractivity contribution in [2.24, 2.45) is 0 Å². The molecule has 0 aliphatic carbocycles. The van der Waals surface area contributed by atoms with Crippen molar-refractivity contribution in [1.29, 1.82) is 0 Å². The van der Waals surface area contributed by atoms with Gasteiger partial charge in [-0.25, -0.2) is 14.2 Å². The minimum Gasteiger partial charge on any atom is -0.322 e. The Morgan fingerprint density at radius 1 is 1.00 bits per heavy atom. The van der Waals surface area contributed by atoms with E-state index < -0.39 is 0 Å². The zero-order valence-electron chi connectivity index (χ0n) is 19.7. The zero-order valence-corrected chi connectivity index (χ0v) is 21.3. The third-order valence-corrected chi connectivity index (χ3v) is 6.98. The number of fused-ring (bicyclic) bond motifs is 1.